The van der Waals surface area contributed by atoms with Crippen molar-refractivity contribution >= 4 is 23.6 Å². The van der Waals surface area contributed by atoms with Crippen molar-refractivity contribution in [2.75, 3.05) is 12.8 Å². The molecule has 4 N–H and O–H groups in total. The molecule has 9 heteroatoms. The molecule has 1 unspecified atom stereocenters. The Balaban J connectivity index is 2.44. The third-order valence-electron chi connectivity index (χ3n) is 5.47. The van der Waals surface area contributed by atoms with Gasteiger partial charge < -0.3 is 19.9 Å². The van der Waals surface area contributed by atoms with Gasteiger partial charge in [-0.3, -0.25) is 14.4 Å². The predicted molar refractivity (Wildman–Crippen MR) is 108 cm³/mol. The Hall–Kier alpha value is -2.65. The summed E-state index contributed by atoms with van der Waals surface area (Å²) in [7, 11) is 1.28. The summed E-state index contributed by atoms with van der Waals surface area (Å²) in [6.07, 6.45) is -1.02. The third-order valence-corrected chi connectivity index (χ3v) is 5.47. The molecule has 9 nitrogen and oxygen atoms in total. The van der Waals surface area contributed by atoms with Crippen LogP contribution in [0.3, 0.4) is 0 Å². The van der Waals surface area contributed by atoms with Crippen molar-refractivity contribution < 1.29 is 33.4 Å². The maximum absolute atomic E-state index is 12.0. The van der Waals surface area contributed by atoms with Crippen molar-refractivity contribution in [1.29, 1.82) is 0 Å². The van der Waals surface area contributed by atoms with Crippen molar-refractivity contribution in [1.82, 2.24) is 0 Å². The molecule has 166 valence electrons. The first-order valence-electron chi connectivity index (χ1n) is 9.69. The van der Waals surface area contributed by atoms with Gasteiger partial charge in [0.1, 0.15) is 18.3 Å². The van der Waals surface area contributed by atoms with Gasteiger partial charge in [-0.25, -0.2) is 10.7 Å². The molecule has 1 fully saturated rings. The number of hydrogen-bond donors (Lipinski definition) is 2. The largest absolute Gasteiger partial charge is 0.465 e. The Morgan fingerprint density at radius 3 is 2.27 bits per heavy atom. The topological polar surface area (TPSA) is 140 Å². The average molecular weight is 422 g/mol. The summed E-state index contributed by atoms with van der Waals surface area (Å²) < 4.78 is 15.7. The molecule has 0 amide bonds. The van der Waals surface area contributed by atoms with Gasteiger partial charge in [-0.15, -0.1) is 0 Å². The summed E-state index contributed by atoms with van der Waals surface area (Å²) in [6, 6.07) is 4.81. The van der Waals surface area contributed by atoms with Gasteiger partial charge in [0, 0.05) is 24.9 Å². The molecule has 1 saturated carbocycles. The molecule has 1 aromatic rings. The molecule has 1 aromatic carbocycles. The number of hydrogen-bond acceptors (Lipinski definition) is 9. The number of carbonyl (C=O) groups excluding carboxylic acids is 3. The van der Waals surface area contributed by atoms with Crippen molar-refractivity contribution in [2.24, 2.45) is 17.2 Å². The second-order valence-corrected chi connectivity index (χ2v) is 8.16. The molecule has 0 spiro atoms. The van der Waals surface area contributed by atoms with Gasteiger partial charge in [0.2, 0.25) is 0 Å². The van der Waals surface area contributed by atoms with E-state index in [1.165, 1.54) is 27.0 Å². The molecule has 0 heterocycles. The van der Waals surface area contributed by atoms with E-state index < -0.39 is 41.6 Å². The summed E-state index contributed by atoms with van der Waals surface area (Å²) in [5.41, 5.74) is 6.61. The minimum atomic E-state index is -0.668. The SMILES string of the molecule is COC(=O)c1cc(N)cc(C(ON)[C@]2(C)C[C@@H](C)[C@@H](OC(C)=O)[C@H](OC(C)=O)C2)c1. The minimum Gasteiger partial charge on any atom is -0.465 e. The monoisotopic (exact) mass is 422 g/mol. The van der Waals surface area contributed by atoms with E-state index in [-0.39, 0.29) is 11.5 Å². The number of nitrogens with two attached hydrogens (primary N) is 2. The average Bonchev–Trinajstić information content (AvgIpc) is 2.63. The van der Waals surface area contributed by atoms with E-state index in [9.17, 15) is 14.4 Å². The van der Waals surface area contributed by atoms with E-state index in [0.29, 0.717) is 24.1 Å². The Morgan fingerprint density at radius 2 is 1.73 bits per heavy atom. The highest BCUT2D eigenvalue weighted by atomic mass is 16.6. The number of nitrogen functional groups attached to an aromatic ring is 1. The van der Waals surface area contributed by atoms with Crippen LogP contribution in [0.15, 0.2) is 18.2 Å². The molecule has 5 atom stereocenters. The molecule has 0 saturated heterocycles. The first-order valence-corrected chi connectivity index (χ1v) is 9.69. The molecule has 0 bridgehead atoms. The number of methoxy groups -OCH3 is 1. The molecule has 2 rings (SSSR count). The van der Waals surface area contributed by atoms with Gasteiger partial charge in [0.05, 0.1) is 12.7 Å². The highest BCUT2D eigenvalue weighted by Gasteiger charge is 2.50. The lowest BCUT2D eigenvalue weighted by molar-refractivity contribution is -0.189. The Bertz CT molecular complexity index is 813. The Morgan fingerprint density at radius 1 is 1.10 bits per heavy atom. The summed E-state index contributed by atoms with van der Waals surface area (Å²) in [6.45, 7) is 6.48. The number of carbonyl (C=O) groups is 3. The quantitative estimate of drug-likeness (QED) is 0.306. The van der Waals surface area contributed by atoms with E-state index >= 15 is 0 Å². The first-order chi connectivity index (χ1) is 14.0. The second kappa shape index (κ2) is 9.44. The van der Waals surface area contributed by atoms with Crippen molar-refractivity contribution in [3.05, 3.63) is 29.3 Å². The van der Waals surface area contributed by atoms with Gasteiger partial charge in [0.25, 0.3) is 0 Å². The van der Waals surface area contributed by atoms with E-state index in [1.807, 2.05) is 13.8 Å². The summed E-state index contributed by atoms with van der Waals surface area (Å²) >= 11 is 0. The Kier molecular flexibility index (Phi) is 7.44. The molecule has 1 aliphatic carbocycles. The van der Waals surface area contributed by atoms with Crippen LogP contribution in [0, 0.1) is 11.3 Å². The lowest BCUT2D eigenvalue weighted by Gasteiger charge is -2.47. The van der Waals surface area contributed by atoms with Crippen molar-refractivity contribution in [3.8, 4) is 0 Å². The smallest absolute Gasteiger partial charge is 0.337 e. The van der Waals surface area contributed by atoms with E-state index in [1.54, 1.807) is 12.1 Å². The number of ether oxygens (including phenoxy) is 3. The number of rotatable bonds is 6. The second-order valence-electron chi connectivity index (χ2n) is 8.16. The van der Waals surface area contributed by atoms with Crippen LogP contribution in [-0.4, -0.2) is 37.2 Å². The molecule has 0 radical (unpaired) electrons. The zero-order chi connectivity index (χ0) is 22.6. The summed E-state index contributed by atoms with van der Waals surface area (Å²) in [5, 5.41) is 0. The van der Waals surface area contributed by atoms with E-state index in [4.69, 9.17) is 30.7 Å². The summed E-state index contributed by atoms with van der Waals surface area (Å²) in [4.78, 5) is 40.6. The predicted octanol–water partition coefficient (Wildman–Crippen LogP) is 2.29. The fourth-order valence-electron chi connectivity index (χ4n) is 4.51. The molecule has 0 aromatic heterocycles. The van der Waals surface area contributed by atoms with Crippen LogP contribution in [0.5, 0.6) is 0 Å². The first kappa shape index (κ1) is 23.6. The maximum Gasteiger partial charge on any atom is 0.337 e. The van der Waals surface area contributed by atoms with E-state index in [2.05, 4.69) is 0 Å². The number of anilines is 1. The highest BCUT2D eigenvalue weighted by Crippen LogP contribution is 2.50. The highest BCUT2D eigenvalue weighted by molar-refractivity contribution is 5.90. The van der Waals surface area contributed by atoms with Crippen molar-refractivity contribution in [2.45, 2.75) is 58.8 Å². The molecule has 30 heavy (non-hydrogen) atoms. The van der Waals surface area contributed by atoms with Crippen LogP contribution in [0.25, 0.3) is 0 Å². The number of esters is 3. The van der Waals surface area contributed by atoms with Crippen molar-refractivity contribution in [3.63, 3.8) is 0 Å². The van der Waals surface area contributed by atoms with Gasteiger partial charge in [0.15, 0.2) is 0 Å². The molecular formula is C21H30N2O7. The molecule has 1 aliphatic rings. The van der Waals surface area contributed by atoms with Gasteiger partial charge in [-0.1, -0.05) is 13.8 Å². The van der Waals surface area contributed by atoms with Crippen LogP contribution in [0.2, 0.25) is 0 Å². The molecular weight excluding hydrogens is 392 g/mol. The molecule has 0 aliphatic heterocycles. The normalized spacial score (nSPS) is 27.1. The zero-order valence-electron chi connectivity index (χ0n) is 18.0. The fourth-order valence-corrected chi connectivity index (χ4v) is 4.51. The zero-order valence-corrected chi connectivity index (χ0v) is 18.0. The van der Waals surface area contributed by atoms with Crippen LogP contribution in [0.4, 0.5) is 5.69 Å². The maximum atomic E-state index is 12.0. The van der Waals surface area contributed by atoms with E-state index in [0.717, 1.165) is 0 Å². The Labute approximate surface area is 175 Å². The standard InChI is InChI=1S/C21H30N2O7/c1-11-9-21(4,10-17(28-12(2)24)18(11)29-13(3)25)19(30-23)14-6-15(20(26)27-5)8-16(22)7-14/h6-8,11,17-19H,9-10,22-23H2,1-5H3/t11-,17-,18-,19?,21-/m1/s1. The van der Waals surface area contributed by atoms with Crippen LogP contribution < -0.4 is 11.6 Å². The van der Waals surface area contributed by atoms with Gasteiger partial charge in [-0.05, 0) is 42.5 Å². The van der Waals surface area contributed by atoms with Crippen LogP contribution in [-0.2, 0) is 28.6 Å². The van der Waals surface area contributed by atoms with Gasteiger partial charge >= 0.3 is 17.9 Å². The third kappa shape index (κ3) is 5.28. The summed E-state index contributed by atoms with van der Waals surface area (Å²) in [5.74, 6) is 4.09. The minimum absolute atomic E-state index is 0.143. The van der Waals surface area contributed by atoms with Crippen LogP contribution in [0.1, 0.15) is 62.6 Å². The number of benzene rings is 1. The lowest BCUT2D eigenvalue weighted by atomic mass is 9.64. The fraction of sp³-hybridized carbons (Fsp3) is 0.571. The lowest BCUT2D eigenvalue weighted by Crippen LogP contribution is -2.50. The van der Waals surface area contributed by atoms with Crippen LogP contribution >= 0.6 is 0 Å². The van der Waals surface area contributed by atoms with Gasteiger partial charge in [-0.2, -0.15) is 0 Å².